The number of carbonyl (C=O) groups is 1. The molecule has 1 unspecified atom stereocenters. The Hall–Kier alpha value is -2.74. The average Bonchev–Trinajstić information content (AvgIpc) is 2.63. The van der Waals surface area contributed by atoms with Crippen molar-refractivity contribution in [2.24, 2.45) is 0 Å². The molecule has 0 saturated carbocycles. The smallest absolute Gasteiger partial charge is 0.247 e. The molecule has 0 aliphatic carbocycles. The Morgan fingerprint density at radius 1 is 1.07 bits per heavy atom. The molecule has 0 spiro atoms. The number of nitrogens with one attached hydrogen (secondary N) is 1. The van der Waals surface area contributed by atoms with E-state index in [0.29, 0.717) is 36.1 Å². The van der Waals surface area contributed by atoms with Crippen LogP contribution in [-0.2, 0) is 14.8 Å². The summed E-state index contributed by atoms with van der Waals surface area (Å²) in [4.78, 5) is 12.8. The first kappa shape index (κ1) is 20.0. The third-order valence-corrected chi connectivity index (χ3v) is 5.73. The lowest BCUT2D eigenvalue weighted by molar-refractivity contribution is -0.116. The maximum absolute atomic E-state index is 12.8. The molecule has 0 bridgehead atoms. The van der Waals surface area contributed by atoms with E-state index in [4.69, 9.17) is 9.47 Å². The van der Waals surface area contributed by atoms with Crippen LogP contribution in [0.3, 0.4) is 0 Å². The zero-order chi connectivity index (χ0) is 20.5. The van der Waals surface area contributed by atoms with Gasteiger partial charge in [-0.05, 0) is 50.1 Å². The summed E-state index contributed by atoms with van der Waals surface area (Å²) in [5.74, 6) is 0.722. The summed E-state index contributed by atoms with van der Waals surface area (Å²) >= 11 is 0. The van der Waals surface area contributed by atoms with E-state index >= 15 is 0 Å². The minimum absolute atomic E-state index is 0.440. The molecule has 2 aromatic carbocycles. The van der Waals surface area contributed by atoms with Crippen LogP contribution in [0, 0.1) is 13.8 Å². The number of amides is 1. The van der Waals surface area contributed by atoms with E-state index in [1.807, 2.05) is 26.0 Å². The van der Waals surface area contributed by atoms with Crippen LogP contribution in [0.4, 0.5) is 11.4 Å². The fraction of sp³-hybridized carbons (Fsp3) is 0.350. The lowest BCUT2D eigenvalue weighted by Crippen LogP contribution is -2.45. The van der Waals surface area contributed by atoms with Gasteiger partial charge in [-0.2, -0.15) is 0 Å². The molecule has 8 heteroatoms. The van der Waals surface area contributed by atoms with Crippen molar-refractivity contribution in [3.05, 3.63) is 47.5 Å². The van der Waals surface area contributed by atoms with Crippen molar-refractivity contribution < 1.29 is 22.7 Å². The number of rotatable bonds is 5. The van der Waals surface area contributed by atoms with E-state index in [9.17, 15) is 13.2 Å². The Bertz CT molecular complexity index is 1000. The number of hydrogen-bond donors (Lipinski definition) is 1. The highest BCUT2D eigenvalue weighted by Gasteiger charge is 2.30. The van der Waals surface area contributed by atoms with Crippen molar-refractivity contribution in [1.82, 2.24) is 0 Å². The Morgan fingerprint density at radius 2 is 1.75 bits per heavy atom. The number of nitrogens with zero attached hydrogens (tertiary/aromatic N) is 1. The number of aryl methyl sites for hydroxylation is 2. The first-order valence-electron chi connectivity index (χ1n) is 8.94. The Labute approximate surface area is 165 Å². The van der Waals surface area contributed by atoms with Crippen LogP contribution in [0.1, 0.15) is 18.1 Å². The highest BCUT2D eigenvalue weighted by Crippen LogP contribution is 2.33. The van der Waals surface area contributed by atoms with Gasteiger partial charge < -0.3 is 14.8 Å². The molecular formula is C20H24N2O5S. The molecule has 1 atom stereocenters. The molecule has 1 aliphatic rings. The van der Waals surface area contributed by atoms with Crippen molar-refractivity contribution in [1.29, 1.82) is 0 Å². The number of sulfonamides is 1. The lowest BCUT2D eigenvalue weighted by atomic mass is 10.1. The van der Waals surface area contributed by atoms with Gasteiger partial charge in [0.1, 0.15) is 19.3 Å². The van der Waals surface area contributed by atoms with Crippen LogP contribution in [0.2, 0.25) is 0 Å². The number of hydrogen-bond acceptors (Lipinski definition) is 5. The Morgan fingerprint density at radius 3 is 2.43 bits per heavy atom. The zero-order valence-electron chi connectivity index (χ0n) is 16.4. The summed E-state index contributed by atoms with van der Waals surface area (Å²) in [5, 5.41) is 2.77. The quantitative estimate of drug-likeness (QED) is 0.828. The first-order chi connectivity index (χ1) is 13.2. The SMILES string of the molecule is Cc1ccc(C)c(N(C(C)C(=O)Nc2ccc3c(c2)OCCO3)S(C)(=O)=O)c1. The molecule has 1 heterocycles. The van der Waals surface area contributed by atoms with E-state index in [0.717, 1.165) is 21.7 Å². The maximum Gasteiger partial charge on any atom is 0.247 e. The Balaban J connectivity index is 1.88. The molecular weight excluding hydrogens is 380 g/mol. The van der Waals surface area contributed by atoms with E-state index in [-0.39, 0.29) is 0 Å². The van der Waals surface area contributed by atoms with Gasteiger partial charge in [0.05, 0.1) is 11.9 Å². The van der Waals surface area contributed by atoms with Crippen molar-refractivity contribution in [3.8, 4) is 11.5 Å². The average molecular weight is 404 g/mol. The van der Waals surface area contributed by atoms with E-state index in [1.54, 1.807) is 31.2 Å². The van der Waals surface area contributed by atoms with Gasteiger partial charge in [0.25, 0.3) is 0 Å². The molecule has 2 aromatic rings. The Kier molecular flexibility index (Phi) is 5.51. The number of benzene rings is 2. The topological polar surface area (TPSA) is 84.9 Å². The molecule has 28 heavy (non-hydrogen) atoms. The van der Waals surface area contributed by atoms with Crippen molar-refractivity contribution >= 4 is 27.3 Å². The molecule has 3 rings (SSSR count). The zero-order valence-corrected chi connectivity index (χ0v) is 17.2. The van der Waals surface area contributed by atoms with Crippen LogP contribution < -0.4 is 19.1 Å². The monoisotopic (exact) mass is 404 g/mol. The summed E-state index contributed by atoms with van der Waals surface area (Å²) in [6.07, 6.45) is 1.10. The molecule has 150 valence electrons. The number of ether oxygens (including phenoxy) is 2. The molecule has 0 fully saturated rings. The van der Waals surface area contributed by atoms with Gasteiger partial charge in [-0.1, -0.05) is 12.1 Å². The van der Waals surface area contributed by atoms with Crippen molar-refractivity contribution in [2.45, 2.75) is 26.8 Å². The van der Waals surface area contributed by atoms with Gasteiger partial charge >= 0.3 is 0 Å². The second kappa shape index (κ2) is 7.71. The van der Waals surface area contributed by atoms with Crippen LogP contribution in [0.15, 0.2) is 36.4 Å². The number of anilines is 2. The van der Waals surface area contributed by atoms with E-state index < -0.39 is 22.0 Å². The van der Waals surface area contributed by atoms with Gasteiger partial charge in [-0.25, -0.2) is 8.42 Å². The van der Waals surface area contributed by atoms with Crippen molar-refractivity contribution in [2.75, 3.05) is 29.1 Å². The van der Waals surface area contributed by atoms with E-state index in [1.165, 1.54) is 0 Å². The molecule has 1 aliphatic heterocycles. The summed E-state index contributed by atoms with van der Waals surface area (Å²) < 4.78 is 37.1. The maximum atomic E-state index is 12.8. The fourth-order valence-corrected chi connectivity index (χ4v) is 4.33. The summed E-state index contributed by atoms with van der Waals surface area (Å²) in [7, 11) is -3.68. The lowest BCUT2D eigenvalue weighted by Gasteiger charge is -2.30. The standard InChI is InChI=1S/C20H24N2O5S/c1-13-5-6-14(2)17(11-13)22(28(4,24)25)15(3)20(23)21-16-7-8-18-19(12-16)27-10-9-26-18/h5-8,11-12,15H,9-10H2,1-4H3,(H,21,23). The highest BCUT2D eigenvalue weighted by molar-refractivity contribution is 7.92. The van der Waals surface area contributed by atoms with Crippen LogP contribution >= 0.6 is 0 Å². The van der Waals surface area contributed by atoms with Gasteiger partial charge in [0.15, 0.2) is 11.5 Å². The summed E-state index contributed by atoms with van der Waals surface area (Å²) in [6.45, 7) is 6.18. The van der Waals surface area contributed by atoms with E-state index in [2.05, 4.69) is 5.32 Å². The van der Waals surface area contributed by atoms with Crippen LogP contribution in [0.5, 0.6) is 11.5 Å². The molecule has 0 radical (unpaired) electrons. The van der Waals surface area contributed by atoms with Gasteiger partial charge in [0, 0.05) is 11.8 Å². The van der Waals surface area contributed by atoms with Crippen molar-refractivity contribution in [3.63, 3.8) is 0 Å². The summed E-state index contributed by atoms with van der Waals surface area (Å²) in [5.41, 5.74) is 2.69. The third kappa shape index (κ3) is 4.22. The largest absolute Gasteiger partial charge is 0.486 e. The minimum Gasteiger partial charge on any atom is -0.486 e. The van der Waals surface area contributed by atoms with Crippen LogP contribution in [0.25, 0.3) is 0 Å². The predicted octanol–water partition coefficient (Wildman–Crippen LogP) is 2.87. The first-order valence-corrected chi connectivity index (χ1v) is 10.8. The fourth-order valence-electron chi connectivity index (χ4n) is 3.11. The van der Waals surface area contributed by atoms with Gasteiger partial charge in [-0.15, -0.1) is 0 Å². The minimum atomic E-state index is -3.68. The number of fused-ring (bicyclic) bond motifs is 1. The summed E-state index contributed by atoms with van der Waals surface area (Å²) in [6, 6.07) is 9.65. The third-order valence-electron chi connectivity index (χ3n) is 4.50. The molecule has 0 aromatic heterocycles. The van der Waals surface area contributed by atoms with Gasteiger partial charge in [0.2, 0.25) is 15.9 Å². The second-order valence-corrected chi connectivity index (χ2v) is 8.73. The normalized spacial score (nSPS) is 14.3. The van der Waals surface area contributed by atoms with Gasteiger partial charge in [-0.3, -0.25) is 9.10 Å². The molecule has 7 nitrogen and oxygen atoms in total. The molecule has 0 saturated heterocycles. The number of carbonyl (C=O) groups excluding carboxylic acids is 1. The molecule has 1 amide bonds. The molecule has 1 N–H and O–H groups in total. The highest BCUT2D eigenvalue weighted by atomic mass is 32.2. The van der Waals surface area contributed by atoms with Crippen LogP contribution in [-0.4, -0.2) is 39.8 Å². The predicted molar refractivity (Wildman–Crippen MR) is 109 cm³/mol. The second-order valence-electron chi connectivity index (χ2n) is 6.87.